The molecule has 1 saturated heterocycles. The van der Waals surface area contributed by atoms with Crippen LogP contribution >= 0.6 is 0 Å². The number of sulfonamides is 1. The average Bonchev–Trinajstić information content (AvgIpc) is 3.11. The summed E-state index contributed by atoms with van der Waals surface area (Å²) < 4.78 is 30.8. The molecule has 1 aliphatic rings. The molecule has 28 heavy (non-hydrogen) atoms. The average molecular weight is 409 g/mol. The molecule has 11 heteroatoms. The minimum Gasteiger partial charge on any atom is -0.419 e. The predicted octanol–water partition coefficient (Wildman–Crippen LogP) is 1.94. The van der Waals surface area contributed by atoms with Gasteiger partial charge in [0, 0.05) is 30.3 Å². The predicted molar refractivity (Wildman–Crippen MR) is 102 cm³/mol. The Hall–Kier alpha value is -2.37. The second-order valence-electron chi connectivity index (χ2n) is 6.88. The Morgan fingerprint density at radius 3 is 2.71 bits per heavy atom. The summed E-state index contributed by atoms with van der Waals surface area (Å²) in [7, 11) is -3.19. The molecule has 2 heterocycles. The minimum absolute atomic E-state index is 0.00218. The van der Waals surface area contributed by atoms with Crippen molar-refractivity contribution in [3.05, 3.63) is 40.3 Å². The van der Waals surface area contributed by atoms with Crippen LogP contribution in [0.4, 0.5) is 5.69 Å². The highest BCUT2D eigenvalue weighted by molar-refractivity contribution is 7.88. The molecule has 152 valence electrons. The smallest absolute Gasteiger partial charge is 0.269 e. The van der Waals surface area contributed by atoms with E-state index in [4.69, 9.17) is 4.42 Å². The van der Waals surface area contributed by atoms with Crippen molar-refractivity contribution in [2.75, 3.05) is 19.3 Å². The maximum Gasteiger partial charge on any atom is 0.269 e. The van der Waals surface area contributed by atoms with E-state index < -0.39 is 14.9 Å². The van der Waals surface area contributed by atoms with E-state index in [0.29, 0.717) is 30.4 Å². The standard InChI is InChI=1S/C17H23N5O5S/c1-28(25,26)18-10-9-14-4-2-3-11-21(14)12-16-19-20-17(27-16)13-5-7-15(8-6-13)22(23)24/h5-8,14,18H,2-4,9-12H2,1H3. The topological polar surface area (TPSA) is 131 Å². The van der Waals surface area contributed by atoms with Gasteiger partial charge in [0.2, 0.25) is 21.8 Å². The van der Waals surface area contributed by atoms with E-state index >= 15 is 0 Å². The van der Waals surface area contributed by atoms with Gasteiger partial charge < -0.3 is 4.42 Å². The molecule has 1 N–H and O–H groups in total. The highest BCUT2D eigenvalue weighted by Crippen LogP contribution is 2.24. The summed E-state index contributed by atoms with van der Waals surface area (Å²) in [6, 6.07) is 6.20. The third kappa shape index (κ3) is 5.57. The van der Waals surface area contributed by atoms with Gasteiger partial charge in [-0.1, -0.05) is 6.42 Å². The van der Waals surface area contributed by atoms with Crippen molar-refractivity contribution in [3.8, 4) is 11.5 Å². The van der Waals surface area contributed by atoms with Crippen LogP contribution in [0.25, 0.3) is 11.5 Å². The minimum atomic E-state index is -3.19. The molecule has 0 bridgehead atoms. The normalized spacial score (nSPS) is 18.2. The van der Waals surface area contributed by atoms with E-state index in [1.165, 1.54) is 12.1 Å². The number of nitrogens with one attached hydrogen (secondary N) is 1. The number of hydrogen-bond donors (Lipinski definition) is 1. The summed E-state index contributed by atoms with van der Waals surface area (Å²) in [5.74, 6) is 0.786. The molecule has 10 nitrogen and oxygen atoms in total. The van der Waals surface area contributed by atoms with Gasteiger partial charge in [-0.15, -0.1) is 10.2 Å². The molecule has 0 radical (unpaired) electrons. The molecule has 2 aromatic rings. The molecular formula is C17H23N5O5S. The van der Waals surface area contributed by atoms with Crippen molar-refractivity contribution < 1.29 is 17.8 Å². The first kappa shape index (κ1) is 20.4. The number of nitro benzene ring substituents is 1. The van der Waals surface area contributed by atoms with Crippen LogP contribution in [-0.2, 0) is 16.6 Å². The number of nitrogens with zero attached hydrogens (tertiary/aromatic N) is 4. The first-order valence-electron chi connectivity index (χ1n) is 9.08. The fraction of sp³-hybridized carbons (Fsp3) is 0.529. The Kier molecular flexibility index (Phi) is 6.37. The highest BCUT2D eigenvalue weighted by Gasteiger charge is 2.24. The summed E-state index contributed by atoms with van der Waals surface area (Å²) in [4.78, 5) is 12.5. The van der Waals surface area contributed by atoms with Crippen LogP contribution in [0.2, 0.25) is 0 Å². The number of likely N-dealkylation sites (tertiary alicyclic amines) is 1. The zero-order valence-electron chi connectivity index (χ0n) is 15.6. The van der Waals surface area contributed by atoms with Crippen LogP contribution in [-0.4, -0.2) is 53.8 Å². The molecule has 1 aromatic carbocycles. The lowest BCUT2D eigenvalue weighted by atomic mass is 9.99. The summed E-state index contributed by atoms with van der Waals surface area (Å²) in [6.45, 7) is 1.78. The molecule has 1 unspecified atom stereocenters. The second kappa shape index (κ2) is 8.76. The molecule has 0 amide bonds. The highest BCUT2D eigenvalue weighted by atomic mass is 32.2. The Labute approximate surface area is 163 Å². The Morgan fingerprint density at radius 1 is 1.29 bits per heavy atom. The maximum absolute atomic E-state index is 11.2. The Balaban J connectivity index is 1.63. The van der Waals surface area contributed by atoms with Gasteiger partial charge in [0.05, 0.1) is 17.7 Å². The number of rotatable bonds is 8. The number of piperidine rings is 1. The summed E-state index contributed by atoms with van der Waals surface area (Å²) in [5, 5.41) is 18.9. The lowest BCUT2D eigenvalue weighted by Crippen LogP contribution is -2.41. The monoisotopic (exact) mass is 409 g/mol. The summed E-state index contributed by atoms with van der Waals surface area (Å²) in [5.41, 5.74) is 0.624. The Morgan fingerprint density at radius 2 is 2.04 bits per heavy atom. The fourth-order valence-corrected chi connectivity index (χ4v) is 3.83. The molecular weight excluding hydrogens is 386 g/mol. The number of benzene rings is 1. The van der Waals surface area contributed by atoms with Crippen molar-refractivity contribution in [3.63, 3.8) is 0 Å². The first-order valence-corrected chi connectivity index (χ1v) is 11.0. The van der Waals surface area contributed by atoms with Gasteiger partial charge in [0.15, 0.2) is 0 Å². The van der Waals surface area contributed by atoms with Gasteiger partial charge in [-0.3, -0.25) is 15.0 Å². The van der Waals surface area contributed by atoms with Crippen LogP contribution in [0.3, 0.4) is 0 Å². The van der Waals surface area contributed by atoms with Crippen LogP contribution < -0.4 is 4.72 Å². The Bertz CT molecular complexity index is 912. The maximum atomic E-state index is 11.2. The van der Waals surface area contributed by atoms with Gasteiger partial charge in [0.1, 0.15) is 0 Å². The van der Waals surface area contributed by atoms with Gasteiger partial charge in [-0.2, -0.15) is 0 Å². The van der Waals surface area contributed by atoms with Crippen molar-refractivity contribution >= 4 is 15.7 Å². The van der Waals surface area contributed by atoms with Gasteiger partial charge in [0.25, 0.3) is 5.69 Å². The van der Waals surface area contributed by atoms with E-state index in [-0.39, 0.29) is 11.7 Å². The van der Waals surface area contributed by atoms with Crippen LogP contribution in [0.15, 0.2) is 28.7 Å². The molecule has 1 aliphatic heterocycles. The van der Waals surface area contributed by atoms with E-state index in [1.54, 1.807) is 12.1 Å². The largest absolute Gasteiger partial charge is 0.419 e. The third-order valence-electron chi connectivity index (χ3n) is 4.72. The van der Waals surface area contributed by atoms with Gasteiger partial charge in [-0.05, 0) is 37.9 Å². The van der Waals surface area contributed by atoms with Gasteiger partial charge in [-0.25, -0.2) is 13.1 Å². The van der Waals surface area contributed by atoms with E-state index in [2.05, 4.69) is 19.8 Å². The van der Waals surface area contributed by atoms with Crippen molar-refractivity contribution in [1.29, 1.82) is 0 Å². The third-order valence-corrected chi connectivity index (χ3v) is 5.45. The van der Waals surface area contributed by atoms with E-state index in [9.17, 15) is 18.5 Å². The number of nitro groups is 1. The SMILES string of the molecule is CS(=O)(=O)NCCC1CCCCN1Cc1nnc(-c2ccc([N+](=O)[O-])cc2)o1. The van der Waals surface area contributed by atoms with Crippen molar-refractivity contribution in [2.45, 2.75) is 38.3 Å². The van der Waals surface area contributed by atoms with E-state index in [0.717, 1.165) is 38.5 Å². The van der Waals surface area contributed by atoms with E-state index in [1.807, 2.05) is 0 Å². The quantitative estimate of drug-likeness (QED) is 0.517. The molecule has 1 fully saturated rings. The molecule has 1 aromatic heterocycles. The molecule has 0 aliphatic carbocycles. The molecule has 3 rings (SSSR count). The van der Waals surface area contributed by atoms with Gasteiger partial charge >= 0.3 is 0 Å². The zero-order valence-corrected chi connectivity index (χ0v) is 16.4. The number of aromatic nitrogens is 2. The first-order chi connectivity index (χ1) is 13.3. The lowest BCUT2D eigenvalue weighted by molar-refractivity contribution is -0.384. The summed E-state index contributed by atoms with van der Waals surface area (Å²) >= 11 is 0. The zero-order chi connectivity index (χ0) is 20.1. The summed E-state index contributed by atoms with van der Waals surface area (Å²) in [6.07, 6.45) is 5.05. The molecule has 0 spiro atoms. The number of non-ortho nitro benzene ring substituents is 1. The fourth-order valence-electron chi connectivity index (χ4n) is 3.34. The van der Waals surface area contributed by atoms with Crippen molar-refractivity contribution in [1.82, 2.24) is 19.8 Å². The second-order valence-corrected chi connectivity index (χ2v) is 8.71. The number of hydrogen-bond acceptors (Lipinski definition) is 8. The molecule has 0 saturated carbocycles. The van der Waals surface area contributed by atoms with Crippen LogP contribution in [0.1, 0.15) is 31.6 Å². The lowest BCUT2D eigenvalue weighted by Gasteiger charge is -2.34. The van der Waals surface area contributed by atoms with Crippen LogP contribution in [0.5, 0.6) is 0 Å². The van der Waals surface area contributed by atoms with Crippen molar-refractivity contribution in [2.24, 2.45) is 0 Å². The van der Waals surface area contributed by atoms with Crippen LogP contribution in [0, 0.1) is 10.1 Å². The molecule has 1 atom stereocenters.